The molecule has 0 aromatic heterocycles. The number of benzene rings is 2. The largest absolute Gasteiger partial charge is 0.490 e. The van der Waals surface area contributed by atoms with Gasteiger partial charge in [-0.3, -0.25) is 4.79 Å². The van der Waals surface area contributed by atoms with E-state index < -0.39 is 5.97 Å². The smallest absolute Gasteiger partial charge is 0.338 e. The maximum absolute atomic E-state index is 12.4. The molecule has 2 aromatic carbocycles. The minimum absolute atomic E-state index is 0.127. The van der Waals surface area contributed by atoms with Gasteiger partial charge in [0.1, 0.15) is 0 Å². The van der Waals surface area contributed by atoms with Crippen LogP contribution in [0.15, 0.2) is 36.4 Å². The van der Waals surface area contributed by atoms with Crippen LogP contribution < -0.4 is 18.9 Å². The van der Waals surface area contributed by atoms with Gasteiger partial charge < -0.3 is 23.7 Å². The second-order valence-corrected chi connectivity index (χ2v) is 6.36. The summed E-state index contributed by atoms with van der Waals surface area (Å²) < 4.78 is 26.9. The van der Waals surface area contributed by atoms with Gasteiger partial charge in [-0.15, -0.1) is 0 Å². The summed E-state index contributed by atoms with van der Waals surface area (Å²) in [5, 5.41) is 0. The van der Waals surface area contributed by atoms with Crippen LogP contribution >= 0.6 is 0 Å². The molecule has 154 valence electrons. The summed E-state index contributed by atoms with van der Waals surface area (Å²) in [7, 11) is 0. The Morgan fingerprint density at radius 2 is 1.72 bits per heavy atom. The fourth-order valence-corrected chi connectivity index (χ4v) is 2.72. The predicted octanol–water partition coefficient (Wildman–Crippen LogP) is 4.03. The summed E-state index contributed by atoms with van der Waals surface area (Å²) >= 11 is 0. The average molecular weight is 400 g/mol. The lowest BCUT2D eigenvalue weighted by molar-refractivity contribution is 0.0474. The number of hydrogen-bond donors (Lipinski definition) is 0. The highest BCUT2D eigenvalue weighted by atomic mass is 16.7. The molecule has 0 saturated carbocycles. The number of Topliss-reactive ketones (excluding diaryl/α,β-unsaturated/α-hetero) is 1. The number of ether oxygens (including phenoxy) is 5. The summed E-state index contributed by atoms with van der Waals surface area (Å²) in [6.45, 7) is 4.69. The van der Waals surface area contributed by atoms with E-state index >= 15 is 0 Å². The zero-order valence-electron chi connectivity index (χ0n) is 16.6. The summed E-state index contributed by atoms with van der Waals surface area (Å²) in [5.74, 6) is 1.19. The maximum atomic E-state index is 12.4. The summed E-state index contributed by atoms with van der Waals surface area (Å²) in [6.07, 6.45) is 1.95. The van der Waals surface area contributed by atoms with Crippen molar-refractivity contribution in [2.75, 3.05) is 26.6 Å². The van der Waals surface area contributed by atoms with E-state index in [9.17, 15) is 9.59 Å². The number of carbonyl (C=O) groups excluding carboxylic acids is 2. The lowest BCUT2D eigenvalue weighted by atomic mass is 10.1. The molecule has 0 amide bonds. The van der Waals surface area contributed by atoms with Crippen molar-refractivity contribution in [1.29, 1.82) is 0 Å². The predicted molar refractivity (Wildman–Crippen MR) is 105 cm³/mol. The third-order valence-corrected chi connectivity index (χ3v) is 4.26. The number of unbranched alkanes of at least 4 members (excludes halogenated alkanes) is 1. The first kappa shape index (κ1) is 20.5. The van der Waals surface area contributed by atoms with Crippen molar-refractivity contribution >= 4 is 11.8 Å². The van der Waals surface area contributed by atoms with Crippen LogP contribution in [0.5, 0.6) is 23.0 Å². The highest BCUT2D eigenvalue weighted by molar-refractivity contribution is 6.00. The van der Waals surface area contributed by atoms with Crippen molar-refractivity contribution in [3.63, 3.8) is 0 Å². The van der Waals surface area contributed by atoms with Gasteiger partial charge in [0.05, 0.1) is 18.8 Å². The van der Waals surface area contributed by atoms with E-state index in [1.807, 2.05) is 6.92 Å². The third kappa shape index (κ3) is 5.19. The van der Waals surface area contributed by atoms with Crippen molar-refractivity contribution in [2.24, 2.45) is 0 Å². The highest BCUT2D eigenvalue weighted by Gasteiger charge is 2.18. The molecule has 7 nitrogen and oxygen atoms in total. The number of ketones is 1. The van der Waals surface area contributed by atoms with E-state index in [1.54, 1.807) is 36.4 Å². The van der Waals surface area contributed by atoms with Crippen LogP contribution in [0.1, 0.15) is 47.4 Å². The van der Waals surface area contributed by atoms with E-state index in [-0.39, 0.29) is 24.7 Å². The molecule has 0 bridgehead atoms. The quantitative estimate of drug-likeness (QED) is 0.338. The van der Waals surface area contributed by atoms with Crippen molar-refractivity contribution in [3.8, 4) is 23.0 Å². The van der Waals surface area contributed by atoms with Gasteiger partial charge in [-0.1, -0.05) is 13.3 Å². The van der Waals surface area contributed by atoms with Crippen molar-refractivity contribution in [2.45, 2.75) is 26.7 Å². The Hall–Kier alpha value is -3.22. The fraction of sp³-hybridized carbons (Fsp3) is 0.364. The SMILES string of the molecule is CCCCOc1ccc(C(=O)OCC(=O)c2ccc3c(c2)OCO3)cc1OCC. The van der Waals surface area contributed by atoms with Gasteiger partial charge in [0, 0.05) is 5.56 Å². The monoisotopic (exact) mass is 400 g/mol. The average Bonchev–Trinajstić information content (AvgIpc) is 3.21. The van der Waals surface area contributed by atoms with E-state index in [1.165, 1.54) is 0 Å². The van der Waals surface area contributed by atoms with Crippen LogP contribution in [-0.4, -0.2) is 38.4 Å². The first-order valence-electron chi connectivity index (χ1n) is 9.62. The lowest BCUT2D eigenvalue weighted by Gasteiger charge is -2.13. The van der Waals surface area contributed by atoms with Crippen molar-refractivity contribution < 1.29 is 33.3 Å². The van der Waals surface area contributed by atoms with E-state index in [2.05, 4.69) is 6.92 Å². The summed E-state index contributed by atoms with van der Waals surface area (Å²) in [5.41, 5.74) is 0.673. The third-order valence-electron chi connectivity index (χ3n) is 4.26. The molecule has 29 heavy (non-hydrogen) atoms. The molecular formula is C22H24O7. The molecule has 1 heterocycles. The van der Waals surface area contributed by atoms with Crippen LogP contribution in [-0.2, 0) is 4.74 Å². The van der Waals surface area contributed by atoms with E-state index in [0.717, 1.165) is 12.8 Å². The first-order valence-corrected chi connectivity index (χ1v) is 9.62. The van der Waals surface area contributed by atoms with Gasteiger partial charge >= 0.3 is 5.97 Å². The van der Waals surface area contributed by atoms with Crippen LogP contribution in [0.4, 0.5) is 0 Å². The standard InChI is InChI=1S/C22H24O7/c1-3-5-10-26-18-9-7-16(12-20(18)25-4-2)22(24)27-13-17(23)15-6-8-19-21(11-15)29-14-28-19/h6-9,11-12H,3-5,10,13-14H2,1-2H3. The van der Waals surface area contributed by atoms with E-state index in [0.29, 0.717) is 41.8 Å². The minimum Gasteiger partial charge on any atom is -0.490 e. The van der Waals surface area contributed by atoms with Gasteiger partial charge in [-0.2, -0.15) is 0 Å². The Bertz CT molecular complexity index is 875. The van der Waals surface area contributed by atoms with Crippen LogP contribution in [0.3, 0.4) is 0 Å². The fourth-order valence-electron chi connectivity index (χ4n) is 2.72. The first-order chi connectivity index (χ1) is 14.1. The van der Waals surface area contributed by atoms with Crippen LogP contribution in [0.25, 0.3) is 0 Å². The Morgan fingerprint density at radius 1 is 0.931 bits per heavy atom. The highest BCUT2D eigenvalue weighted by Crippen LogP contribution is 2.33. The van der Waals surface area contributed by atoms with Crippen LogP contribution in [0.2, 0.25) is 0 Å². The molecule has 3 rings (SSSR count). The molecular weight excluding hydrogens is 376 g/mol. The molecule has 0 radical (unpaired) electrons. The molecule has 1 aliphatic heterocycles. The molecule has 0 unspecified atom stereocenters. The lowest BCUT2D eigenvalue weighted by Crippen LogP contribution is -2.14. The zero-order valence-corrected chi connectivity index (χ0v) is 16.6. The molecule has 0 aliphatic carbocycles. The number of rotatable bonds is 10. The van der Waals surface area contributed by atoms with Crippen molar-refractivity contribution in [3.05, 3.63) is 47.5 Å². The van der Waals surface area contributed by atoms with Crippen LogP contribution in [0, 0.1) is 0 Å². The molecule has 0 saturated heterocycles. The summed E-state index contributed by atoms with van der Waals surface area (Å²) in [6, 6.07) is 9.68. The normalized spacial score (nSPS) is 11.8. The van der Waals surface area contributed by atoms with Gasteiger partial charge in [-0.25, -0.2) is 4.79 Å². The number of fused-ring (bicyclic) bond motifs is 1. The van der Waals surface area contributed by atoms with Gasteiger partial charge in [-0.05, 0) is 49.7 Å². The number of hydrogen-bond acceptors (Lipinski definition) is 7. The number of carbonyl (C=O) groups is 2. The molecule has 0 N–H and O–H groups in total. The topological polar surface area (TPSA) is 80.3 Å². The molecule has 1 aliphatic rings. The van der Waals surface area contributed by atoms with Gasteiger partial charge in [0.25, 0.3) is 0 Å². The van der Waals surface area contributed by atoms with E-state index in [4.69, 9.17) is 23.7 Å². The Morgan fingerprint density at radius 3 is 2.52 bits per heavy atom. The zero-order chi connectivity index (χ0) is 20.6. The molecule has 0 fully saturated rings. The maximum Gasteiger partial charge on any atom is 0.338 e. The van der Waals surface area contributed by atoms with Gasteiger partial charge in [0.15, 0.2) is 35.4 Å². The molecule has 0 spiro atoms. The Labute approximate surface area is 169 Å². The molecule has 2 aromatic rings. The minimum atomic E-state index is -0.611. The second-order valence-electron chi connectivity index (χ2n) is 6.36. The second kappa shape index (κ2) is 9.82. The summed E-state index contributed by atoms with van der Waals surface area (Å²) in [4.78, 5) is 24.7. The Balaban J connectivity index is 1.62. The molecule has 0 atom stereocenters. The molecule has 7 heteroatoms. The van der Waals surface area contributed by atoms with Crippen molar-refractivity contribution in [1.82, 2.24) is 0 Å². The number of esters is 1. The Kier molecular flexibility index (Phi) is 6.94. The van der Waals surface area contributed by atoms with Gasteiger partial charge in [0.2, 0.25) is 6.79 Å².